The predicted molar refractivity (Wildman–Crippen MR) is 103 cm³/mol. The van der Waals surface area contributed by atoms with Crippen LogP contribution in [0.1, 0.15) is 5.76 Å². The number of hydrogen-bond acceptors (Lipinski definition) is 7. The van der Waals surface area contributed by atoms with Gasteiger partial charge in [-0.05, 0) is 30.3 Å². The van der Waals surface area contributed by atoms with E-state index in [9.17, 15) is 14.9 Å². The van der Waals surface area contributed by atoms with Gasteiger partial charge >= 0.3 is 0 Å². The molecule has 1 aliphatic heterocycles. The summed E-state index contributed by atoms with van der Waals surface area (Å²) in [6, 6.07) is 16.5. The number of ether oxygens (including phenoxy) is 2. The van der Waals surface area contributed by atoms with E-state index < -0.39 is 16.9 Å². The van der Waals surface area contributed by atoms with E-state index in [0.717, 1.165) is 0 Å². The molecule has 146 valence electrons. The van der Waals surface area contributed by atoms with E-state index in [1.165, 1.54) is 12.3 Å². The molecule has 1 N–H and O–H groups in total. The van der Waals surface area contributed by atoms with Gasteiger partial charge in [-0.3, -0.25) is 14.9 Å². The molecule has 1 aromatic heterocycles. The number of nitro groups is 1. The summed E-state index contributed by atoms with van der Waals surface area (Å²) in [6.07, 6.45) is 0.467. The summed E-state index contributed by atoms with van der Waals surface area (Å²) in [5.41, 5.74) is 2.66. The molecule has 4 rings (SSSR count). The first-order valence-electron chi connectivity index (χ1n) is 8.67. The average Bonchev–Trinajstić information content (AvgIpc) is 3.22. The molecule has 0 spiro atoms. The van der Waals surface area contributed by atoms with Gasteiger partial charge in [-0.2, -0.15) is 5.10 Å². The number of nitrogens with zero attached hydrogens (tertiary/aromatic N) is 2. The first-order chi connectivity index (χ1) is 14.1. The van der Waals surface area contributed by atoms with Crippen LogP contribution >= 0.6 is 0 Å². The highest BCUT2D eigenvalue weighted by molar-refractivity contribution is 5.84. The standard InChI is InChI=1S/C20H15N3O6/c24-20(19-12-27-17-7-3-4-8-18(17)29-19)22-21-11-13-9-10-16(28-13)14-5-1-2-6-15(14)23(25)26/h1-11,19H,12H2,(H,22,24)/b21-11-/t19-/m1/s1. The van der Waals surface area contributed by atoms with Crippen LogP contribution in [0.4, 0.5) is 5.69 Å². The minimum absolute atomic E-state index is 0.0617. The number of hydrogen-bond donors (Lipinski definition) is 1. The number of nitro benzene ring substituents is 1. The number of carbonyl (C=O) groups is 1. The molecule has 9 nitrogen and oxygen atoms in total. The van der Waals surface area contributed by atoms with Gasteiger partial charge < -0.3 is 13.9 Å². The monoisotopic (exact) mass is 393 g/mol. The third-order valence-electron chi connectivity index (χ3n) is 4.16. The zero-order valence-corrected chi connectivity index (χ0v) is 15.0. The van der Waals surface area contributed by atoms with Gasteiger partial charge in [0.05, 0.1) is 16.7 Å². The minimum Gasteiger partial charge on any atom is -0.485 e. The maximum atomic E-state index is 12.2. The zero-order chi connectivity index (χ0) is 20.2. The van der Waals surface area contributed by atoms with Crippen molar-refractivity contribution in [3.63, 3.8) is 0 Å². The topological polar surface area (TPSA) is 116 Å². The number of fused-ring (bicyclic) bond motifs is 1. The van der Waals surface area contributed by atoms with Crippen molar-refractivity contribution in [3.8, 4) is 22.8 Å². The van der Waals surface area contributed by atoms with Crippen molar-refractivity contribution in [2.45, 2.75) is 6.10 Å². The van der Waals surface area contributed by atoms with Crippen molar-refractivity contribution in [1.29, 1.82) is 0 Å². The molecule has 9 heteroatoms. The lowest BCUT2D eigenvalue weighted by Crippen LogP contribution is -2.42. The SMILES string of the molecule is O=C(N/N=C\c1ccc(-c2ccccc2[N+](=O)[O-])o1)[C@H]1COc2ccccc2O1. The number of amides is 1. The summed E-state index contributed by atoms with van der Waals surface area (Å²) < 4.78 is 16.7. The number of para-hydroxylation sites is 3. The lowest BCUT2D eigenvalue weighted by atomic mass is 10.1. The Labute approximate surface area is 164 Å². The first kappa shape index (κ1) is 18.2. The van der Waals surface area contributed by atoms with E-state index >= 15 is 0 Å². The van der Waals surface area contributed by atoms with Crippen LogP contribution in [0.15, 0.2) is 70.2 Å². The normalized spacial score (nSPS) is 15.2. The molecule has 0 unspecified atom stereocenters. The maximum absolute atomic E-state index is 12.2. The molecule has 1 amide bonds. The first-order valence-corrected chi connectivity index (χ1v) is 8.67. The van der Waals surface area contributed by atoms with Crippen molar-refractivity contribution in [2.75, 3.05) is 6.61 Å². The molecule has 0 radical (unpaired) electrons. The van der Waals surface area contributed by atoms with Gasteiger partial charge in [-0.1, -0.05) is 24.3 Å². The molecular formula is C20H15N3O6. The van der Waals surface area contributed by atoms with E-state index in [1.54, 1.807) is 48.5 Å². The lowest BCUT2D eigenvalue weighted by Gasteiger charge is -2.24. The Morgan fingerprint density at radius 1 is 1.10 bits per heavy atom. The van der Waals surface area contributed by atoms with Gasteiger partial charge in [0.25, 0.3) is 11.6 Å². The van der Waals surface area contributed by atoms with Crippen LogP contribution in [0.2, 0.25) is 0 Å². The Kier molecular flexibility index (Phi) is 4.93. The van der Waals surface area contributed by atoms with Crippen molar-refractivity contribution in [3.05, 3.63) is 76.5 Å². The molecule has 1 aliphatic rings. The molecule has 2 heterocycles. The van der Waals surface area contributed by atoms with Crippen molar-refractivity contribution < 1.29 is 23.6 Å². The highest BCUT2D eigenvalue weighted by Crippen LogP contribution is 2.31. The van der Waals surface area contributed by atoms with E-state index in [1.807, 2.05) is 6.07 Å². The van der Waals surface area contributed by atoms with E-state index in [-0.39, 0.29) is 12.3 Å². The molecule has 0 fully saturated rings. The summed E-state index contributed by atoms with van der Waals surface area (Å²) in [5, 5.41) is 15.0. The van der Waals surface area contributed by atoms with Crippen LogP contribution in [0, 0.1) is 10.1 Å². The number of benzene rings is 2. The summed E-state index contributed by atoms with van der Waals surface area (Å²) >= 11 is 0. The Bertz CT molecular complexity index is 1090. The highest BCUT2D eigenvalue weighted by atomic mass is 16.6. The van der Waals surface area contributed by atoms with E-state index in [0.29, 0.717) is 28.6 Å². The predicted octanol–water partition coefficient (Wildman–Crippen LogP) is 3.14. The highest BCUT2D eigenvalue weighted by Gasteiger charge is 2.27. The van der Waals surface area contributed by atoms with Crippen LogP contribution in [-0.4, -0.2) is 29.8 Å². The number of nitrogens with one attached hydrogen (secondary N) is 1. The average molecular weight is 393 g/mol. The molecule has 0 bridgehead atoms. The van der Waals surface area contributed by atoms with Crippen LogP contribution in [0.3, 0.4) is 0 Å². The Morgan fingerprint density at radius 3 is 2.69 bits per heavy atom. The molecule has 3 aromatic rings. The van der Waals surface area contributed by atoms with Crippen LogP contribution in [0.5, 0.6) is 11.5 Å². The molecule has 0 saturated heterocycles. The van der Waals surface area contributed by atoms with Gasteiger partial charge in [0, 0.05) is 6.07 Å². The van der Waals surface area contributed by atoms with Gasteiger partial charge in [0.2, 0.25) is 6.10 Å². The summed E-state index contributed by atoms with van der Waals surface area (Å²) in [6.45, 7) is 0.0704. The number of furan rings is 1. The Balaban J connectivity index is 1.40. The van der Waals surface area contributed by atoms with Crippen molar-refractivity contribution in [2.24, 2.45) is 5.10 Å². The second-order valence-electron chi connectivity index (χ2n) is 6.07. The van der Waals surface area contributed by atoms with Crippen molar-refractivity contribution >= 4 is 17.8 Å². The molecular weight excluding hydrogens is 378 g/mol. The second-order valence-corrected chi connectivity index (χ2v) is 6.07. The fourth-order valence-electron chi connectivity index (χ4n) is 2.79. The molecule has 29 heavy (non-hydrogen) atoms. The third kappa shape index (κ3) is 3.93. The van der Waals surface area contributed by atoms with Crippen molar-refractivity contribution in [1.82, 2.24) is 5.43 Å². The fourth-order valence-corrected chi connectivity index (χ4v) is 2.79. The van der Waals surface area contributed by atoms with Crippen LogP contribution in [0.25, 0.3) is 11.3 Å². The minimum atomic E-state index is -0.832. The molecule has 0 saturated carbocycles. The zero-order valence-electron chi connectivity index (χ0n) is 15.0. The number of carbonyl (C=O) groups excluding carboxylic acids is 1. The Hall–Kier alpha value is -4.14. The smallest absolute Gasteiger partial charge is 0.284 e. The summed E-state index contributed by atoms with van der Waals surface area (Å²) in [4.78, 5) is 22.9. The fraction of sp³-hybridized carbons (Fsp3) is 0.100. The van der Waals surface area contributed by atoms with Crippen LogP contribution in [-0.2, 0) is 4.79 Å². The number of hydrazone groups is 1. The maximum Gasteiger partial charge on any atom is 0.284 e. The van der Waals surface area contributed by atoms with Gasteiger partial charge in [-0.15, -0.1) is 0 Å². The number of rotatable bonds is 5. The lowest BCUT2D eigenvalue weighted by molar-refractivity contribution is -0.384. The molecule has 1 atom stereocenters. The van der Waals surface area contributed by atoms with Gasteiger partial charge in [0.1, 0.15) is 18.1 Å². The summed E-state index contributed by atoms with van der Waals surface area (Å²) in [7, 11) is 0. The van der Waals surface area contributed by atoms with Gasteiger partial charge in [0.15, 0.2) is 11.5 Å². The van der Waals surface area contributed by atoms with E-state index in [2.05, 4.69) is 10.5 Å². The largest absolute Gasteiger partial charge is 0.485 e. The quantitative estimate of drug-likeness (QED) is 0.404. The third-order valence-corrected chi connectivity index (χ3v) is 4.16. The summed E-state index contributed by atoms with van der Waals surface area (Å²) in [5.74, 6) is 1.25. The second kappa shape index (κ2) is 7.85. The van der Waals surface area contributed by atoms with Gasteiger partial charge in [-0.25, -0.2) is 5.43 Å². The van der Waals surface area contributed by atoms with E-state index in [4.69, 9.17) is 13.9 Å². The molecule has 2 aromatic carbocycles. The van der Waals surface area contributed by atoms with Crippen LogP contribution < -0.4 is 14.9 Å². The molecule has 0 aliphatic carbocycles. The Morgan fingerprint density at radius 2 is 1.86 bits per heavy atom.